The third-order valence-electron chi connectivity index (χ3n) is 4.82. The molecule has 0 bridgehead atoms. The number of ether oxygens (including phenoxy) is 1. The normalized spacial score (nSPS) is 11.4. The average molecular weight is 524 g/mol. The molecule has 11 heteroatoms. The van der Waals surface area contributed by atoms with E-state index in [4.69, 9.17) is 9.15 Å². The van der Waals surface area contributed by atoms with Crippen LogP contribution < -0.4 is 10.1 Å². The SMILES string of the molecule is CCOC(=O)c1ccc(-c2ccc(/C=N/NC(=O)c3ccc(NS(=O)(=O)c4cccs4)cc3)o2)cc1. The summed E-state index contributed by atoms with van der Waals surface area (Å²) >= 11 is 1.11. The standard InChI is InChI=1S/C25H21N3O6S2/c1-2-33-25(30)19-7-5-17(6-8-19)22-14-13-21(34-22)16-26-27-24(29)18-9-11-20(12-10-18)28-36(31,32)23-4-3-15-35-23/h3-16,28H,2H2,1H3,(H,27,29)/b26-16+. The van der Waals surface area contributed by atoms with Gasteiger partial charge in [-0.1, -0.05) is 18.2 Å². The number of carbonyl (C=O) groups excluding carboxylic acids is 2. The maximum Gasteiger partial charge on any atom is 0.338 e. The number of hydrogen-bond acceptors (Lipinski definition) is 8. The second-order valence-corrected chi connectivity index (χ2v) is 10.2. The lowest BCUT2D eigenvalue weighted by Gasteiger charge is -2.07. The first kappa shape index (κ1) is 24.9. The van der Waals surface area contributed by atoms with Gasteiger partial charge in [0.1, 0.15) is 15.7 Å². The van der Waals surface area contributed by atoms with Crippen molar-refractivity contribution in [2.24, 2.45) is 5.10 Å². The molecule has 0 aliphatic rings. The number of benzene rings is 2. The molecule has 0 unspecified atom stereocenters. The molecular weight excluding hydrogens is 502 g/mol. The van der Waals surface area contributed by atoms with Crippen LogP contribution in [-0.4, -0.2) is 33.1 Å². The zero-order valence-electron chi connectivity index (χ0n) is 19.0. The molecule has 0 aliphatic carbocycles. The lowest BCUT2D eigenvalue weighted by molar-refractivity contribution is 0.0526. The van der Waals surface area contributed by atoms with E-state index in [1.807, 2.05) is 0 Å². The van der Waals surface area contributed by atoms with Crippen molar-refractivity contribution in [2.75, 3.05) is 11.3 Å². The van der Waals surface area contributed by atoms with Gasteiger partial charge in [0.05, 0.1) is 18.4 Å². The Morgan fingerprint density at radius 3 is 2.39 bits per heavy atom. The molecular formula is C25H21N3O6S2. The fraction of sp³-hybridized carbons (Fsp3) is 0.0800. The average Bonchev–Trinajstić information content (AvgIpc) is 3.58. The predicted octanol–water partition coefficient (Wildman–Crippen LogP) is 4.75. The number of hydrogen-bond donors (Lipinski definition) is 2. The minimum Gasteiger partial charge on any atom is -0.462 e. The fourth-order valence-corrected chi connectivity index (χ4v) is 5.14. The number of furan rings is 1. The summed E-state index contributed by atoms with van der Waals surface area (Å²) in [6.45, 7) is 2.05. The van der Waals surface area contributed by atoms with Gasteiger partial charge in [0.25, 0.3) is 15.9 Å². The van der Waals surface area contributed by atoms with Crippen molar-refractivity contribution in [1.82, 2.24) is 5.43 Å². The molecule has 2 aromatic heterocycles. The molecule has 4 rings (SSSR count). The molecule has 0 spiro atoms. The Morgan fingerprint density at radius 2 is 1.72 bits per heavy atom. The minimum absolute atomic E-state index is 0.202. The Morgan fingerprint density at radius 1 is 1.00 bits per heavy atom. The van der Waals surface area contributed by atoms with Crippen molar-refractivity contribution in [3.63, 3.8) is 0 Å². The Balaban J connectivity index is 1.33. The summed E-state index contributed by atoms with van der Waals surface area (Å²) in [6.07, 6.45) is 1.36. The van der Waals surface area contributed by atoms with Crippen molar-refractivity contribution in [1.29, 1.82) is 0 Å². The van der Waals surface area contributed by atoms with E-state index in [0.717, 1.165) is 16.9 Å². The third kappa shape index (κ3) is 6.06. The molecule has 0 radical (unpaired) electrons. The van der Waals surface area contributed by atoms with Crippen LogP contribution in [-0.2, 0) is 14.8 Å². The highest BCUT2D eigenvalue weighted by Crippen LogP contribution is 2.23. The smallest absolute Gasteiger partial charge is 0.338 e. The lowest BCUT2D eigenvalue weighted by atomic mass is 10.1. The minimum atomic E-state index is -3.66. The van der Waals surface area contributed by atoms with Crippen molar-refractivity contribution in [3.05, 3.63) is 95.1 Å². The Hall–Kier alpha value is -4.22. The van der Waals surface area contributed by atoms with Gasteiger partial charge < -0.3 is 9.15 Å². The Kier molecular flexibility index (Phi) is 7.62. The molecule has 0 saturated heterocycles. The lowest BCUT2D eigenvalue weighted by Crippen LogP contribution is -2.17. The van der Waals surface area contributed by atoms with Gasteiger partial charge in [-0.05, 0) is 66.9 Å². The number of esters is 1. The van der Waals surface area contributed by atoms with Crippen LogP contribution in [0.3, 0.4) is 0 Å². The number of thiophene rings is 1. The molecule has 2 N–H and O–H groups in total. The van der Waals surface area contributed by atoms with Crippen LogP contribution in [0.2, 0.25) is 0 Å². The Bertz CT molecular complexity index is 1470. The van der Waals surface area contributed by atoms with Gasteiger partial charge in [-0.2, -0.15) is 5.10 Å². The summed E-state index contributed by atoms with van der Waals surface area (Å²) in [5.41, 5.74) is 4.25. The van der Waals surface area contributed by atoms with E-state index in [9.17, 15) is 18.0 Å². The van der Waals surface area contributed by atoms with Crippen LogP contribution in [0, 0.1) is 0 Å². The molecule has 36 heavy (non-hydrogen) atoms. The highest BCUT2D eigenvalue weighted by molar-refractivity contribution is 7.94. The topological polar surface area (TPSA) is 127 Å². The van der Waals surface area contributed by atoms with Crippen molar-refractivity contribution in [3.8, 4) is 11.3 Å². The van der Waals surface area contributed by atoms with E-state index in [1.165, 1.54) is 36.5 Å². The number of sulfonamides is 1. The molecule has 184 valence electrons. The van der Waals surface area contributed by atoms with E-state index in [2.05, 4.69) is 15.2 Å². The molecule has 2 aromatic carbocycles. The molecule has 1 amide bonds. The predicted molar refractivity (Wildman–Crippen MR) is 137 cm³/mol. The van der Waals surface area contributed by atoms with Crippen LogP contribution >= 0.6 is 11.3 Å². The monoisotopic (exact) mass is 523 g/mol. The molecule has 0 fully saturated rings. The van der Waals surface area contributed by atoms with Gasteiger partial charge in [0.15, 0.2) is 0 Å². The molecule has 4 aromatic rings. The second kappa shape index (κ2) is 11.0. The van der Waals surface area contributed by atoms with Gasteiger partial charge in [-0.3, -0.25) is 9.52 Å². The summed E-state index contributed by atoms with van der Waals surface area (Å²) in [5.74, 6) is 0.124. The maximum absolute atomic E-state index is 12.3. The second-order valence-electron chi connectivity index (χ2n) is 7.31. The zero-order chi connectivity index (χ0) is 25.5. The number of rotatable bonds is 9. The molecule has 0 aliphatic heterocycles. The van der Waals surface area contributed by atoms with E-state index >= 15 is 0 Å². The summed E-state index contributed by atoms with van der Waals surface area (Å²) in [5, 5.41) is 5.59. The van der Waals surface area contributed by atoms with Crippen molar-refractivity contribution >= 4 is 45.1 Å². The summed E-state index contributed by atoms with van der Waals surface area (Å²) in [6, 6.07) is 19.4. The van der Waals surface area contributed by atoms with Crippen LogP contribution in [0.5, 0.6) is 0 Å². The van der Waals surface area contributed by atoms with Crippen LogP contribution in [0.1, 0.15) is 33.4 Å². The van der Waals surface area contributed by atoms with E-state index < -0.39 is 15.9 Å². The fourth-order valence-electron chi connectivity index (χ4n) is 3.09. The van der Waals surface area contributed by atoms with Crippen LogP contribution in [0.15, 0.2) is 91.9 Å². The highest BCUT2D eigenvalue weighted by Gasteiger charge is 2.15. The van der Waals surface area contributed by atoms with Gasteiger partial charge in [-0.25, -0.2) is 18.6 Å². The number of hydrazone groups is 1. The van der Waals surface area contributed by atoms with E-state index in [-0.39, 0.29) is 10.2 Å². The van der Waals surface area contributed by atoms with Gasteiger partial charge in [0, 0.05) is 16.8 Å². The zero-order valence-corrected chi connectivity index (χ0v) is 20.6. The first-order chi connectivity index (χ1) is 17.4. The van der Waals surface area contributed by atoms with Crippen LogP contribution in [0.4, 0.5) is 5.69 Å². The molecule has 0 saturated carbocycles. The number of amides is 1. The molecule has 2 heterocycles. The molecule has 0 atom stereocenters. The first-order valence-corrected chi connectivity index (χ1v) is 13.1. The third-order valence-corrected chi connectivity index (χ3v) is 7.60. The summed E-state index contributed by atoms with van der Waals surface area (Å²) in [7, 11) is -3.66. The Labute approximate surface area is 211 Å². The van der Waals surface area contributed by atoms with E-state index in [1.54, 1.807) is 54.8 Å². The summed E-state index contributed by atoms with van der Waals surface area (Å²) in [4.78, 5) is 24.1. The van der Waals surface area contributed by atoms with Crippen molar-refractivity contribution in [2.45, 2.75) is 11.1 Å². The number of nitrogens with zero attached hydrogens (tertiary/aromatic N) is 1. The van der Waals surface area contributed by atoms with Gasteiger partial charge in [-0.15, -0.1) is 11.3 Å². The number of carbonyl (C=O) groups is 2. The maximum atomic E-state index is 12.3. The largest absolute Gasteiger partial charge is 0.462 e. The van der Waals surface area contributed by atoms with E-state index in [0.29, 0.717) is 34.9 Å². The number of nitrogens with one attached hydrogen (secondary N) is 2. The number of anilines is 1. The quantitative estimate of drug-likeness (QED) is 0.185. The summed E-state index contributed by atoms with van der Waals surface area (Å²) < 4.78 is 37.9. The van der Waals surface area contributed by atoms with Crippen LogP contribution in [0.25, 0.3) is 11.3 Å². The van der Waals surface area contributed by atoms with Gasteiger partial charge >= 0.3 is 5.97 Å². The van der Waals surface area contributed by atoms with Gasteiger partial charge in [0.2, 0.25) is 0 Å². The van der Waals surface area contributed by atoms with Crippen molar-refractivity contribution < 1.29 is 27.2 Å². The highest BCUT2D eigenvalue weighted by atomic mass is 32.2. The molecule has 9 nitrogen and oxygen atoms in total. The first-order valence-electron chi connectivity index (χ1n) is 10.7.